The minimum atomic E-state index is 0.580. The molecule has 1 aromatic rings. The first-order valence-electron chi connectivity index (χ1n) is 3.85. The first-order chi connectivity index (χ1) is 6.20. The number of nitrogens with zero attached hydrogens (tertiary/aromatic N) is 3. The van der Waals surface area contributed by atoms with Crippen LogP contribution in [0, 0.1) is 0 Å². The third-order valence-electron chi connectivity index (χ3n) is 1.33. The van der Waals surface area contributed by atoms with E-state index in [2.05, 4.69) is 9.98 Å². The second-order valence-electron chi connectivity index (χ2n) is 2.75. The second-order valence-corrected chi connectivity index (χ2v) is 3.14. The lowest BCUT2D eigenvalue weighted by molar-refractivity contribution is 0.644. The second kappa shape index (κ2) is 4.67. The Balaban J connectivity index is 2.70. The van der Waals surface area contributed by atoms with Crippen molar-refractivity contribution in [2.45, 2.75) is 0 Å². The van der Waals surface area contributed by atoms with Gasteiger partial charge in [0.1, 0.15) is 4.99 Å². The van der Waals surface area contributed by atoms with Crippen molar-refractivity contribution in [1.29, 1.82) is 0 Å². The highest BCUT2D eigenvalue weighted by atomic mass is 32.1. The first kappa shape index (κ1) is 9.80. The van der Waals surface area contributed by atoms with Crippen LogP contribution in [0.1, 0.15) is 5.56 Å². The van der Waals surface area contributed by atoms with E-state index in [1.807, 2.05) is 31.1 Å². The van der Waals surface area contributed by atoms with Gasteiger partial charge in [-0.25, -0.2) is 4.99 Å². The third-order valence-corrected chi connectivity index (χ3v) is 1.67. The molecule has 1 aromatic heterocycles. The Labute approximate surface area is 83.1 Å². The van der Waals surface area contributed by atoms with Gasteiger partial charge in [-0.15, -0.1) is 0 Å². The minimum absolute atomic E-state index is 0.580. The van der Waals surface area contributed by atoms with Crippen molar-refractivity contribution in [2.24, 2.45) is 4.99 Å². The molecule has 4 heteroatoms. The average Bonchev–Trinajstić information content (AvgIpc) is 2.15. The summed E-state index contributed by atoms with van der Waals surface area (Å²) in [5, 5.41) is 0. The van der Waals surface area contributed by atoms with E-state index >= 15 is 0 Å². The Morgan fingerprint density at radius 2 is 2.08 bits per heavy atom. The molecular formula is C9H11N3S. The van der Waals surface area contributed by atoms with Gasteiger partial charge in [0, 0.05) is 32.1 Å². The molecule has 1 rings (SSSR count). The molecule has 0 amide bonds. The summed E-state index contributed by atoms with van der Waals surface area (Å²) in [6.07, 6.45) is 5.09. The summed E-state index contributed by atoms with van der Waals surface area (Å²) < 4.78 is 0. The van der Waals surface area contributed by atoms with Crippen molar-refractivity contribution in [3.8, 4) is 0 Å². The summed E-state index contributed by atoms with van der Waals surface area (Å²) in [6, 6.07) is 3.69. The van der Waals surface area contributed by atoms with Gasteiger partial charge in [0.05, 0.1) is 6.34 Å². The van der Waals surface area contributed by atoms with Crippen LogP contribution in [0.3, 0.4) is 0 Å². The molecule has 68 valence electrons. The number of aromatic nitrogens is 1. The summed E-state index contributed by atoms with van der Waals surface area (Å²) in [4.78, 5) is 10.4. The Bertz CT molecular complexity index is 306. The normalized spacial score (nSPS) is 10.3. The standard InChI is InChI=1S/C9H11N3S/c1-12(2)7-11-9(13)8-3-5-10-6-4-8/h3-7H,1-2H3/b11-7+. The molecule has 0 unspecified atom stereocenters. The van der Waals surface area contributed by atoms with Gasteiger partial charge in [0.2, 0.25) is 0 Å². The maximum Gasteiger partial charge on any atom is 0.135 e. The maximum atomic E-state index is 5.09. The summed E-state index contributed by atoms with van der Waals surface area (Å²) >= 11 is 5.09. The van der Waals surface area contributed by atoms with Gasteiger partial charge in [-0.1, -0.05) is 12.2 Å². The van der Waals surface area contributed by atoms with E-state index in [9.17, 15) is 0 Å². The van der Waals surface area contributed by atoms with Gasteiger partial charge in [0.25, 0.3) is 0 Å². The predicted octanol–water partition coefficient (Wildman–Crippen LogP) is 1.35. The van der Waals surface area contributed by atoms with E-state index in [1.54, 1.807) is 18.7 Å². The third kappa shape index (κ3) is 3.29. The van der Waals surface area contributed by atoms with Gasteiger partial charge in [-0.2, -0.15) is 0 Å². The molecule has 13 heavy (non-hydrogen) atoms. The zero-order valence-corrected chi connectivity index (χ0v) is 8.45. The SMILES string of the molecule is CN(C)/C=N/C(=S)c1ccncc1. The van der Waals surface area contributed by atoms with Crippen molar-refractivity contribution >= 4 is 23.5 Å². The Hall–Kier alpha value is -1.29. The molecule has 1 heterocycles. The first-order valence-corrected chi connectivity index (χ1v) is 4.26. The molecule has 0 N–H and O–H groups in total. The van der Waals surface area contributed by atoms with Crippen LogP contribution < -0.4 is 0 Å². The molecular weight excluding hydrogens is 182 g/mol. The minimum Gasteiger partial charge on any atom is -0.369 e. The molecule has 0 radical (unpaired) electrons. The molecule has 0 atom stereocenters. The smallest absolute Gasteiger partial charge is 0.135 e. The van der Waals surface area contributed by atoms with Gasteiger partial charge in [-0.05, 0) is 12.1 Å². The summed E-state index contributed by atoms with van der Waals surface area (Å²) in [7, 11) is 3.80. The van der Waals surface area contributed by atoms with E-state index in [4.69, 9.17) is 12.2 Å². The number of hydrogen-bond acceptors (Lipinski definition) is 2. The van der Waals surface area contributed by atoms with Crippen molar-refractivity contribution < 1.29 is 0 Å². The molecule has 0 bridgehead atoms. The van der Waals surface area contributed by atoms with Crippen LogP contribution in [-0.2, 0) is 0 Å². The van der Waals surface area contributed by atoms with E-state index in [0.717, 1.165) is 5.56 Å². The van der Waals surface area contributed by atoms with E-state index in [-0.39, 0.29) is 0 Å². The highest BCUT2D eigenvalue weighted by molar-refractivity contribution is 7.80. The summed E-state index contributed by atoms with van der Waals surface area (Å²) in [5.41, 5.74) is 0.920. The van der Waals surface area contributed by atoms with Crippen LogP contribution in [0.2, 0.25) is 0 Å². The zero-order valence-electron chi connectivity index (χ0n) is 7.64. The summed E-state index contributed by atoms with van der Waals surface area (Å²) in [6.45, 7) is 0. The highest BCUT2D eigenvalue weighted by Crippen LogP contribution is 1.99. The number of hydrogen-bond donors (Lipinski definition) is 0. The largest absolute Gasteiger partial charge is 0.369 e. The van der Waals surface area contributed by atoms with Gasteiger partial charge in [-0.3, -0.25) is 4.98 Å². The van der Waals surface area contributed by atoms with Crippen LogP contribution in [-0.4, -0.2) is 35.3 Å². The lowest BCUT2D eigenvalue weighted by Gasteiger charge is -2.02. The van der Waals surface area contributed by atoms with Crippen LogP contribution >= 0.6 is 12.2 Å². The van der Waals surface area contributed by atoms with Crippen molar-refractivity contribution in [3.63, 3.8) is 0 Å². The molecule has 0 aliphatic heterocycles. The number of thiocarbonyl (C=S) groups is 1. The fourth-order valence-electron chi connectivity index (χ4n) is 0.737. The van der Waals surface area contributed by atoms with Gasteiger partial charge < -0.3 is 4.90 Å². The fraction of sp³-hybridized carbons (Fsp3) is 0.222. The molecule has 0 aliphatic carbocycles. The number of aliphatic imine (C=N–C) groups is 1. The number of pyridine rings is 1. The topological polar surface area (TPSA) is 28.5 Å². The van der Waals surface area contributed by atoms with Gasteiger partial charge in [0.15, 0.2) is 0 Å². The molecule has 0 aliphatic rings. The van der Waals surface area contributed by atoms with E-state index < -0.39 is 0 Å². The van der Waals surface area contributed by atoms with Crippen LogP contribution in [0.5, 0.6) is 0 Å². The maximum absolute atomic E-state index is 5.09. The Morgan fingerprint density at radius 1 is 1.46 bits per heavy atom. The summed E-state index contributed by atoms with van der Waals surface area (Å²) in [5.74, 6) is 0. The Morgan fingerprint density at radius 3 is 2.62 bits per heavy atom. The van der Waals surface area contributed by atoms with Crippen molar-refractivity contribution in [2.75, 3.05) is 14.1 Å². The van der Waals surface area contributed by atoms with Crippen LogP contribution in [0.25, 0.3) is 0 Å². The zero-order chi connectivity index (χ0) is 9.68. The molecule has 0 saturated heterocycles. The van der Waals surface area contributed by atoms with Crippen LogP contribution in [0.15, 0.2) is 29.5 Å². The van der Waals surface area contributed by atoms with Gasteiger partial charge >= 0.3 is 0 Å². The molecule has 0 saturated carbocycles. The monoisotopic (exact) mass is 193 g/mol. The van der Waals surface area contributed by atoms with Crippen LogP contribution in [0.4, 0.5) is 0 Å². The quantitative estimate of drug-likeness (QED) is 0.403. The van der Waals surface area contributed by atoms with Crippen molar-refractivity contribution in [1.82, 2.24) is 9.88 Å². The van der Waals surface area contributed by atoms with Crippen molar-refractivity contribution in [3.05, 3.63) is 30.1 Å². The molecule has 0 aromatic carbocycles. The highest BCUT2D eigenvalue weighted by Gasteiger charge is 1.95. The fourth-order valence-corrected chi connectivity index (χ4v) is 0.920. The van der Waals surface area contributed by atoms with E-state index in [1.165, 1.54) is 0 Å². The molecule has 3 nitrogen and oxygen atoms in total. The number of rotatable bonds is 2. The average molecular weight is 193 g/mol. The molecule has 0 fully saturated rings. The lowest BCUT2D eigenvalue weighted by atomic mass is 10.3. The lowest BCUT2D eigenvalue weighted by Crippen LogP contribution is -2.09. The predicted molar refractivity (Wildman–Crippen MR) is 58.1 cm³/mol. The van der Waals surface area contributed by atoms with E-state index in [0.29, 0.717) is 4.99 Å². The molecule has 0 spiro atoms. The Kier molecular flexibility index (Phi) is 3.52.